The fourth-order valence-electron chi connectivity index (χ4n) is 1.57. The summed E-state index contributed by atoms with van der Waals surface area (Å²) in [5.74, 6) is -0.0562. The fraction of sp³-hybridized carbons (Fsp3) is 0.556. The van der Waals surface area contributed by atoms with Crippen LogP contribution in [0.25, 0.3) is 0 Å². The Morgan fingerprint density at radius 1 is 1.57 bits per heavy atom. The number of hydrogen-bond donors (Lipinski definition) is 3. The van der Waals surface area contributed by atoms with E-state index in [1.165, 1.54) is 0 Å². The number of carbonyl (C=O) groups excluding carboxylic acids is 1. The SMILES string of the molecule is O=C(N[C@H]1CCNC1)C1N=CC=CN1. The second-order valence-electron chi connectivity index (χ2n) is 3.42. The van der Waals surface area contributed by atoms with Gasteiger partial charge in [0, 0.05) is 25.0 Å². The molecule has 14 heavy (non-hydrogen) atoms. The van der Waals surface area contributed by atoms with E-state index in [4.69, 9.17) is 0 Å². The highest BCUT2D eigenvalue weighted by Crippen LogP contribution is 1.99. The van der Waals surface area contributed by atoms with E-state index < -0.39 is 6.17 Å². The highest BCUT2D eigenvalue weighted by molar-refractivity contribution is 5.85. The van der Waals surface area contributed by atoms with Gasteiger partial charge in [-0.3, -0.25) is 9.79 Å². The molecule has 2 rings (SSSR count). The van der Waals surface area contributed by atoms with Gasteiger partial charge in [-0.15, -0.1) is 0 Å². The summed E-state index contributed by atoms with van der Waals surface area (Å²) in [7, 11) is 0. The standard InChI is InChI=1S/C9H14N4O/c14-9(8-11-3-1-4-12-8)13-7-2-5-10-6-7/h1,3-4,7-8,10-11H,2,5-6H2,(H,13,14)/t7-,8?/m0/s1. The lowest BCUT2D eigenvalue weighted by atomic mass is 10.2. The average molecular weight is 194 g/mol. The van der Waals surface area contributed by atoms with Crippen LogP contribution in [0.5, 0.6) is 0 Å². The molecule has 0 aromatic rings. The number of carbonyl (C=O) groups is 1. The molecule has 2 aliphatic heterocycles. The fourth-order valence-corrected chi connectivity index (χ4v) is 1.57. The monoisotopic (exact) mass is 194 g/mol. The number of amides is 1. The van der Waals surface area contributed by atoms with Crippen LogP contribution in [0.1, 0.15) is 6.42 Å². The first-order valence-corrected chi connectivity index (χ1v) is 4.82. The van der Waals surface area contributed by atoms with Gasteiger partial charge in [0.1, 0.15) is 0 Å². The Kier molecular flexibility index (Phi) is 2.78. The number of nitrogens with one attached hydrogen (secondary N) is 3. The summed E-state index contributed by atoms with van der Waals surface area (Å²) < 4.78 is 0. The zero-order chi connectivity index (χ0) is 9.80. The van der Waals surface area contributed by atoms with Crippen LogP contribution in [0.4, 0.5) is 0 Å². The lowest BCUT2D eigenvalue weighted by molar-refractivity contribution is -0.123. The lowest BCUT2D eigenvalue weighted by Gasteiger charge is -2.17. The summed E-state index contributed by atoms with van der Waals surface area (Å²) in [5.41, 5.74) is 0. The first-order chi connectivity index (χ1) is 6.86. The average Bonchev–Trinajstić information content (AvgIpc) is 2.72. The first-order valence-electron chi connectivity index (χ1n) is 4.82. The van der Waals surface area contributed by atoms with Crippen LogP contribution >= 0.6 is 0 Å². The Morgan fingerprint density at radius 2 is 2.50 bits per heavy atom. The van der Waals surface area contributed by atoms with E-state index in [2.05, 4.69) is 20.9 Å². The van der Waals surface area contributed by atoms with Crippen molar-refractivity contribution >= 4 is 12.1 Å². The Morgan fingerprint density at radius 3 is 3.14 bits per heavy atom. The van der Waals surface area contributed by atoms with E-state index in [1.807, 2.05) is 0 Å². The van der Waals surface area contributed by atoms with Crippen molar-refractivity contribution in [2.24, 2.45) is 4.99 Å². The van der Waals surface area contributed by atoms with Crippen molar-refractivity contribution in [1.82, 2.24) is 16.0 Å². The predicted octanol–water partition coefficient (Wildman–Crippen LogP) is -1.02. The molecule has 3 N–H and O–H groups in total. The van der Waals surface area contributed by atoms with Crippen molar-refractivity contribution in [3.63, 3.8) is 0 Å². The second-order valence-corrected chi connectivity index (χ2v) is 3.42. The molecular formula is C9H14N4O. The number of aliphatic imine (C=N–C) groups is 1. The maximum atomic E-state index is 11.6. The van der Waals surface area contributed by atoms with Crippen molar-refractivity contribution in [3.05, 3.63) is 12.3 Å². The van der Waals surface area contributed by atoms with Gasteiger partial charge >= 0.3 is 0 Å². The molecule has 1 amide bonds. The Balaban J connectivity index is 1.82. The lowest BCUT2D eigenvalue weighted by Crippen LogP contribution is -2.46. The molecule has 0 bridgehead atoms. The molecule has 2 atom stereocenters. The Hall–Kier alpha value is -1.36. The number of nitrogens with zero attached hydrogens (tertiary/aromatic N) is 1. The Bertz CT molecular complexity index is 268. The van der Waals surface area contributed by atoms with E-state index in [0.717, 1.165) is 19.5 Å². The summed E-state index contributed by atoms with van der Waals surface area (Å²) in [6, 6.07) is 0.255. The molecule has 1 saturated heterocycles. The van der Waals surface area contributed by atoms with Gasteiger partial charge in [0.05, 0.1) is 0 Å². The topological polar surface area (TPSA) is 65.5 Å². The van der Waals surface area contributed by atoms with Crippen molar-refractivity contribution in [3.8, 4) is 0 Å². The molecule has 0 spiro atoms. The molecular weight excluding hydrogens is 180 g/mol. The van der Waals surface area contributed by atoms with Crippen LogP contribution in [0.2, 0.25) is 0 Å². The van der Waals surface area contributed by atoms with Crippen LogP contribution in [-0.4, -0.2) is 37.4 Å². The third-order valence-electron chi connectivity index (χ3n) is 2.33. The van der Waals surface area contributed by atoms with E-state index in [9.17, 15) is 4.79 Å². The van der Waals surface area contributed by atoms with E-state index in [-0.39, 0.29) is 11.9 Å². The van der Waals surface area contributed by atoms with Crippen molar-refractivity contribution in [1.29, 1.82) is 0 Å². The largest absolute Gasteiger partial charge is 0.362 e. The van der Waals surface area contributed by atoms with Crippen molar-refractivity contribution < 1.29 is 4.79 Å². The summed E-state index contributed by atoms with van der Waals surface area (Å²) >= 11 is 0. The summed E-state index contributed by atoms with van der Waals surface area (Å²) in [6.45, 7) is 1.84. The van der Waals surface area contributed by atoms with Crippen LogP contribution in [0, 0.1) is 0 Å². The summed E-state index contributed by atoms with van der Waals surface area (Å²) in [6.07, 6.45) is 5.66. The number of allylic oxidation sites excluding steroid dienone is 1. The molecule has 0 saturated carbocycles. The molecule has 0 aliphatic carbocycles. The van der Waals surface area contributed by atoms with E-state index >= 15 is 0 Å². The number of hydrogen-bond acceptors (Lipinski definition) is 4. The van der Waals surface area contributed by atoms with Gasteiger partial charge in [-0.05, 0) is 19.0 Å². The smallest absolute Gasteiger partial charge is 0.265 e. The van der Waals surface area contributed by atoms with Crippen LogP contribution in [-0.2, 0) is 4.79 Å². The molecule has 5 heteroatoms. The van der Waals surface area contributed by atoms with Crippen LogP contribution < -0.4 is 16.0 Å². The minimum atomic E-state index is -0.458. The summed E-state index contributed by atoms with van der Waals surface area (Å²) in [4.78, 5) is 15.6. The first kappa shape index (κ1) is 9.21. The Labute approximate surface area is 82.7 Å². The normalized spacial score (nSPS) is 30.0. The molecule has 2 heterocycles. The molecule has 0 radical (unpaired) electrons. The van der Waals surface area contributed by atoms with Gasteiger partial charge in [0.25, 0.3) is 5.91 Å². The van der Waals surface area contributed by atoms with Crippen LogP contribution in [0.3, 0.4) is 0 Å². The van der Waals surface area contributed by atoms with Crippen molar-refractivity contribution in [2.75, 3.05) is 13.1 Å². The number of rotatable bonds is 2. The highest BCUT2D eigenvalue weighted by atomic mass is 16.2. The maximum absolute atomic E-state index is 11.6. The minimum absolute atomic E-state index is 0.0562. The minimum Gasteiger partial charge on any atom is -0.362 e. The molecule has 0 aromatic carbocycles. The van der Waals surface area contributed by atoms with Gasteiger partial charge in [-0.25, -0.2) is 0 Å². The van der Waals surface area contributed by atoms with Gasteiger partial charge in [0.2, 0.25) is 0 Å². The van der Waals surface area contributed by atoms with Gasteiger partial charge in [-0.2, -0.15) is 0 Å². The molecule has 1 unspecified atom stereocenters. The third-order valence-corrected chi connectivity index (χ3v) is 2.33. The molecule has 76 valence electrons. The van der Waals surface area contributed by atoms with Crippen molar-refractivity contribution in [2.45, 2.75) is 18.6 Å². The molecule has 5 nitrogen and oxygen atoms in total. The molecule has 2 aliphatic rings. The van der Waals surface area contributed by atoms with E-state index in [1.54, 1.807) is 18.5 Å². The second kappa shape index (κ2) is 4.23. The third kappa shape index (κ3) is 2.11. The van der Waals surface area contributed by atoms with E-state index in [0.29, 0.717) is 0 Å². The summed E-state index contributed by atoms with van der Waals surface area (Å²) in [5, 5.41) is 9.01. The zero-order valence-electron chi connectivity index (χ0n) is 7.86. The zero-order valence-corrected chi connectivity index (χ0v) is 7.86. The predicted molar refractivity (Wildman–Crippen MR) is 54.0 cm³/mol. The van der Waals surface area contributed by atoms with Crippen LogP contribution in [0.15, 0.2) is 17.3 Å². The van der Waals surface area contributed by atoms with Gasteiger partial charge < -0.3 is 16.0 Å². The highest BCUT2D eigenvalue weighted by Gasteiger charge is 2.21. The van der Waals surface area contributed by atoms with Gasteiger partial charge in [0.15, 0.2) is 6.17 Å². The van der Waals surface area contributed by atoms with Gasteiger partial charge in [-0.1, -0.05) is 0 Å². The maximum Gasteiger partial charge on any atom is 0.265 e. The quantitative estimate of drug-likeness (QED) is 0.527. The molecule has 0 aromatic heterocycles. The molecule has 1 fully saturated rings.